The van der Waals surface area contributed by atoms with E-state index in [9.17, 15) is 4.79 Å². The van der Waals surface area contributed by atoms with E-state index in [1.54, 1.807) is 13.3 Å². The molecular formula is C15H18N4O2. The van der Waals surface area contributed by atoms with E-state index in [1.807, 2.05) is 31.2 Å². The minimum Gasteiger partial charge on any atom is -0.497 e. The van der Waals surface area contributed by atoms with Crippen molar-refractivity contribution < 1.29 is 4.74 Å². The summed E-state index contributed by atoms with van der Waals surface area (Å²) in [6, 6.07) is 8.97. The molecule has 1 aromatic carbocycles. The maximum absolute atomic E-state index is 11.5. The van der Waals surface area contributed by atoms with Gasteiger partial charge in [-0.15, -0.1) is 0 Å². The van der Waals surface area contributed by atoms with E-state index in [0.717, 1.165) is 29.8 Å². The number of nitrogens with one attached hydrogen (secondary N) is 2. The third kappa shape index (κ3) is 4.45. The molecule has 110 valence electrons. The molecule has 0 saturated heterocycles. The first kappa shape index (κ1) is 14.8. The van der Waals surface area contributed by atoms with Gasteiger partial charge in [0.2, 0.25) is 5.95 Å². The monoisotopic (exact) mass is 286 g/mol. The first-order chi connectivity index (χ1) is 10.2. The second-order valence-electron chi connectivity index (χ2n) is 4.48. The summed E-state index contributed by atoms with van der Waals surface area (Å²) in [5.41, 5.74) is 4.21. The Labute approximate surface area is 122 Å². The van der Waals surface area contributed by atoms with Crippen LogP contribution in [-0.2, 0) is 6.42 Å². The molecule has 6 heteroatoms. The van der Waals surface area contributed by atoms with Gasteiger partial charge in [-0.1, -0.05) is 13.3 Å². The summed E-state index contributed by atoms with van der Waals surface area (Å²) in [7, 11) is 1.62. The second-order valence-corrected chi connectivity index (χ2v) is 4.48. The Morgan fingerprint density at radius 3 is 2.81 bits per heavy atom. The van der Waals surface area contributed by atoms with E-state index in [4.69, 9.17) is 4.74 Å². The molecule has 0 unspecified atom stereocenters. The Bertz CT molecular complexity index is 662. The van der Waals surface area contributed by atoms with Crippen LogP contribution in [0.4, 0.5) is 5.95 Å². The highest BCUT2D eigenvalue weighted by Crippen LogP contribution is 2.09. The lowest BCUT2D eigenvalue weighted by molar-refractivity contribution is 0.415. The number of hydrazone groups is 1. The van der Waals surface area contributed by atoms with Gasteiger partial charge in [-0.25, -0.2) is 10.4 Å². The van der Waals surface area contributed by atoms with E-state index in [0.29, 0.717) is 5.95 Å². The Hall–Kier alpha value is -2.63. The lowest BCUT2D eigenvalue weighted by Crippen LogP contribution is -2.11. The van der Waals surface area contributed by atoms with Crippen molar-refractivity contribution in [3.8, 4) is 5.75 Å². The molecule has 6 nitrogen and oxygen atoms in total. The zero-order chi connectivity index (χ0) is 15.1. The van der Waals surface area contributed by atoms with Gasteiger partial charge in [-0.3, -0.25) is 9.78 Å². The molecule has 2 aromatic rings. The van der Waals surface area contributed by atoms with Crippen molar-refractivity contribution in [2.24, 2.45) is 5.10 Å². The van der Waals surface area contributed by atoms with Crippen LogP contribution in [0, 0.1) is 0 Å². The van der Waals surface area contributed by atoms with Crippen LogP contribution < -0.4 is 15.7 Å². The van der Waals surface area contributed by atoms with Gasteiger partial charge < -0.3 is 4.74 Å². The molecule has 0 fully saturated rings. The highest BCUT2D eigenvalue weighted by molar-refractivity contribution is 5.80. The lowest BCUT2D eigenvalue weighted by atomic mass is 10.2. The van der Waals surface area contributed by atoms with Crippen molar-refractivity contribution in [3.63, 3.8) is 0 Å². The van der Waals surface area contributed by atoms with Gasteiger partial charge in [-0.2, -0.15) is 5.10 Å². The second kappa shape index (κ2) is 7.23. The normalized spacial score (nSPS) is 10.8. The Balaban J connectivity index is 2.04. The van der Waals surface area contributed by atoms with E-state index < -0.39 is 0 Å². The van der Waals surface area contributed by atoms with Crippen LogP contribution in [0.2, 0.25) is 0 Å². The number of methoxy groups -OCH3 is 1. The maximum atomic E-state index is 11.5. The summed E-state index contributed by atoms with van der Waals surface area (Å²) < 4.78 is 5.08. The van der Waals surface area contributed by atoms with Crippen molar-refractivity contribution in [3.05, 3.63) is 51.9 Å². The summed E-state index contributed by atoms with van der Waals surface area (Å²) in [4.78, 5) is 18.4. The summed E-state index contributed by atoms with van der Waals surface area (Å²) in [6.07, 6.45) is 3.34. The Morgan fingerprint density at radius 2 is 2.14 bits per heavy atom. The number of aromatic nitrogens is 2. The lowest BCUT2D eigenvalue weighted by Gasteiger charge is -2.02. The molecule has 0 aliphatic rings. The number of H-pyrrole nitrogens is 1. The fourth-order valence-electron chi connectivity index (χ4n) is 1.80. The average Bonchev–Trinajstić information content (AvgIpc) is 2.48. The van der Waals surface area contributed by atoms with Gasteiger partial charge in [0, 0.05) is 11.8 Å². The number of anilines is 1. The SMILES string of the molecule is CCCc1cc(=O)[nH]c(N/N=C/c2ccc(OC)cc2)n1. The molecule has 2 N–H and O–H groups in total. The van der Waals surface area contributed by atoms with E-state index in [1.165, 1.54) is 6.07 Å². The average molecular weight is 286 g/mol. The number of ether oxygens (including phenoxy) is 1. The maximum Gasteiger partial charge on any atom is 0.252 e. The fraction of sp³-hybridized carbons (Fsp3) is 0.267. The summed E-state index contributed by atoms with van der Waals surface area (Å²) >= 11 is 0. The smallest absolute Gasteiger partial charge is 0.252 e. The third-order valence-corrected chi connectivity index (χ3v) is 2.80. The van der Waals surface area contributed by atoms with E-state index in [2.05, 4.69) is 20.5 Å². The van der Waals surface area contributed by atoms with Crippen molar-refractivity contribution in [2.75, 3.05) is 12.5 Å². The van der Waals surface area contributed by atoms with Gasteiger partial charge in [0.05, 0.1) is 13.3 Å². The zero-order valence-electron chi connectivity index (χ0n) is 12.1. The molecule has 2 rings (SSSR count). The van der Waals surface area contributed by atoms with Crippen LogP contribution in [0.15, 0.2) is 40.2 Å². The highest BCUT2D eigenvalue weighted by atomic mass is 16.5. The minimum atomic E-state index is -0.185. The predicted molar refractivity (Wildman–Crippen MR) is 83.1 cm³/mol. The molecule has 1 heterocycles. The minimum absolute atomic E-state index is 0.185. The number of rotatable bonds is 6. The Kier molecular flexibility index (Phi) is 5.09. The van der Waals surface area contributed by atoms with Crippen molar-refractivity contribution in [1.29, 1.82) is 0 Å². The van der Waals surface area contributed by atoms with Crippen LogP contribution in [0.5, 0.6) is 5.75 Å². The van der Waals surface area contributed by atoms with E-state index in [-0.39, 0.29) is 5.56 Å². The number of nitrogens with zero attached hydrogens (tertiary/aromatic N) is 2. The molecule has 0 aliphatic heterocycles. The van der Waals surface area contributed by atoms with Gasteiger partial charge >= 0.3 is 0 Å². The predicted octanol–water partition coefficient (Wildman–Crippen LogP) is 2.18. The van der Waals surface area contributed by atoms with Crippen LogP contribution in [0.3, 0.4) is 0 Å². The first-order valence-electron chi connectivity index (χ1n) is 6.74. The number of hydrogen-bond acceptors (Lipinski definition) is 5. The van der Waals surface area contributed by atoms with E-state index >= 15 is 0 Å². The molecular weight excluding hydrogens is 268 g/mol. The van der Waals surface area contributed by atoms with Crippen LogP contribution in [-0.4, -0.2) is 23.3 Å². The molecule has 0 spiro atoms. The molecule has 0 aliphatic carbocycles. The third-order valence-electron chi connectivity index (χ3n) is 2.80. The molecule has 0 radical (unpaired) electrons. The van der Waals surface area contributed by atoms with Gasteiger partial charge in [-0.05, 0) is 36.2 Å². The number of aryl methyl sites for hydroxylation is 1. The van der Waals surface area contributed by atoms with Gasteiger partial charge in [0.1, 0.15) is 5.75 Å². The van der Waals surface area contributed by atoms with Crippen molar-refractivity contribution >= 4 is 12.2 Å². The first-order valence-corrected chi connectivity index (χ1v) is 6.74. The molecule has 0 amide bonds. The van der Waals surface area contributed by atoms with Crippen LogP contribution >= 0.6 is 0 Å². The Morgan fingerprint density at radius 1 is 1.38 bits per heavy atom. The van der Waals surface area contributed by atoms with Gasteiger partial charge in [0.25, 0.3) is 5.56 Å². The molecule has 0 saturated carbocycles. The quantitative estimate of drug-likeness (QED) is 0.630. The number of hydrogen-bond donors (Lipinski definition) is 2. The standard InChI is InChI=1S/C15H18N4O2/c1-3-4-12-9-14(20)18-15(17-12)19-16-10-11-5-7-13(21-2)8-6-11/h5-10H,3-4H2,1-2H3,(H2,17,18,19,20)/b16-10+. The van der Waals surface area contributed by atoms with Crippen LogP contribution in [0.1, 0.15) is 24.6 Å². The van der Waals surface area contributed by atoms with Gasteiger partial charge in [0.15, 0.2) is 0 Å². The fourth-order valence-corrected chi connectivity index (χ4v) is 1.80. The molecule has 0 bridgehead atoms. The number of aromatic amines is 1. The summed E-state index contributed by atoms with van der Waals surface area (Å²) in [5, 5.41) is 4.06. The number of benzene rings is 1. The molecule has 1 aromatic heterocycles. The van der Waals surface area contributed by atoms with Crippen LogP contribution in [0.25, 0.3) is 0 Å². The summed E-state index contributed by atoms with van der Waals surface area (Å²) in [6.45, 7) is 2.04. The molecule has 21 heavy (non-hydrogen) atoms. The van der Waals surface area contributed by atoms with Crippen molar-refractivity contribution in [2.45, 2.75) is 19.8 Å². The highest BCUT2D eigenvalue weighted by Gasteiger charge is 1.99. The summed E-state index contributed by atoms with van der Waals surface area (Å²) in [5.74, 6) is 1.13. The topological polar surface area (TPSA) is 79.4 Å². The largest absolute Gasteiger partial charge is 0.497 e. The van der Waals surface area contributed by atoms with Crippen molar-refractivity contribution in [1.82, 2.24) is 9.97 Å². The zero-order valence-corrected chi connectivity index (χ0v) is 12.1. The molecule has 0 atom stereocenters.